The second kappa shape index (κ2) is 7.58. The molecule has 2 aromatic carbocycles. The van der Waals surface area contributed by atoms with Crippen molar-refractivity contribution in [2.45, 2.75) is 11.8 Å². The highest BCUT2D eigenvalue weighted by molar-refractivity contribution is 7.89. The zero-order valence-electron chi connectivity index (χ0n) is 15.3. The first-order valence-corrected chi connectivity index (χ1v) is 10.00. The predicted octanol–water partition coefficient (Wildman–Crippen LogP) is 1.86. The van der Waals surface area contributed by atoms with Crippen LogP contribution in [0.2, 0.25) is 0 Å². The summed E-state index contributed by atoms with van der Waals surface area (Å²) in [4.78, 5) is 14.4. The minimum Gasteiger partial charge on any atom is -0.508 e. The van der Waals surface area contributed by atoms with E-state index in [1.54, 1.807) is 42.2 Å². The maximum atomic E-state index is 12.9. The summed E-state index contributed by atoms with van der Waals surface area (Å²) in [5.41, 5.74) is 1.09. The Kier molecular flexibility index (Phi) is 5.38. The van der Waals surface area contributed by atoms with E-state index in [-0.39, 0.29) is 29.6 Å². The van der Waals surface area contributed by atoms with Crippen LogP contribution in [-0.4, -0.2) is 61.9 Å². The number of carbonyl (C=O) groups is 1. The Morgan fingerprint density at radius 3 is 2.22 bits per heavy atom. The lowest BCUT2D eigenvalue weighted by Gasteiger charge is -2.34. The largest absolute Gasteiger partial charge is 0.508 e. The number of sulfonamides is 1. The molecule has 8 heteroatoms. The van der Waals surface area contributed by atoms with Crippen LogP contribution in [-0.2, 0) is 10.0 Å². The van der Waals surface area contributed by atoms with Gasteiger partial charge in [0.05, 0.1) is 12.0 Å². The van der Waals surface area contributed by atoms with Crippen molar-refractivity contribution in [3.8, 4) is 11.5 Å². The Hall–Kier alpha value is -2.58. The van der Waals surface area contributed by atoms with Crippen molar-refractivity contribution in [3.63, 3.8) is 0 Å². The molecule has 0 aliphatic carbocycles. The maximum Gasteiger partial charge on any atom is 0.253 e. The summed E-state index contributed by atoms with van der Waals surface area (Å²) in [5.74, 6) is 0.528. The van der Waals surface area contributed by atoms with Crippen molar-refractivity contribution in [2.75, 3.05) is 33.3 Å². The van der Waals surface area contributed by atoms with Gasteiger partial charge in [-0.15, -0.1) is 0 Å². The lowest BCUT2D eigenvalue weighted by Crippen LogP contribution is -2.50. The van der Waals surface area contributed by atoms with Gasteiger partial charge in [-0.2, -0.15) is 4.31 Å². The number of benzene rings is 2. The third-order valence-electron chi connectivity index (χ3n) is 4.64. The fourth-order valence-corrected chi connectivity index (χ4v) is 4.72. The van der Waals surface area contributed by atoms with E-state index in [0.717, 1.165) is 0 Å². The van der Waals surface area contributed by atoms with Crippen LogP contribution in [0.3, 0.4) is 0 Å². The molecule has 1 aliphatic rings. The molecule has 1 aliphatic heterocycles. The highest BCUT2D eigenvalue weighted by Crippen LogP contribution is 2.25. The lowest BCUT2D eigenvalue weighted by atomic mass is 10.2. The first-order chi connectivity index (χ1) is 12.8. The second-order valence-corrected chi connectivity index (χ2v) is 8.28. The molecule has 1 amide bonds. The number of aromatic hydroxyl groups is 1. The van der Waals surface area contributed by atoms with Gasteiger partial charge in [-0.05, 0) is 55.0 Å². The van der Waals surface area contributed by atoms with E-state index in [9.17, 15) is 18.3 Å². The van der Waals surface area contributed by atoms with Gasteiger partial charge >= 0.3 is 0 Å². The topological polar surface area (TPSA) is 87.2 Å². The van der Waals surface area contributed by atoms with Gasteiger partial charge in [0.15, 0.2) is 0 Å². The van der Waals surface area contributed by atoms with Crippen LogP contribution < -0.4 is 4.74 Å². The quantitative estimate of drug-likeness (QED) is 0.861. The molecule has 7 nitrogen and oxygen atoms in total. The van der Waals surface area contributed by atoms with E-state index >= 15 is 0 Å². The molecule has 0 spiro atoms. The average molecular weight is 390 g/mol. The van der Waals surface area contributed by atoms with Crippen LogP contribution in [0.5, 0.6) is 11.5 Å². The molecule has 1 heterocycles. The Morgan fingerprint density at radius 1 is 1.04 bits per heavy atom. The number of phenolic OH excluding ortho intramolecular Hbond substituents is 1. The molecule has 0 saturated carbocycles. The molecule has 1 fully saturated rings. The van der Waals surface area contributed by atoms with E-state index in [4.69, 9.17) is 4.74 Å². The number of phenols is 1. The molecule has 27 heavy (non-hydrogen) atoms. The molecule has 0 aromatic heterocycles. The molecule has 2 aromatic rings. The molecule has 0 atom stereocenters. The standard InChI is InChI=1S/C19H22N2O5S/c1-14-13-17(26-2)7-8-18(14)27(24,25)21-11-9-20(10-12-21)19(23)15-3-5-16(22)6-4-15/h3-8,13,22H,9-12H2,1-2H3. The number of aryl methyl sites for hydroxylation is 1. The number of amides is 1. The molecule has 144 valence electrons. The number of methoxy groups -OCH3 is 1. The van der Waals surface area contributed by atoms with E-state index in [0.29, 0.717) is 30.0 Å². The summed E-state index contributed by atoms with van der Waals surface area (Å²) in [6, 6.07) is 10.9. The van der Waals surface area contributed by atoms with Crippen LogP contribution in [0.25, 0.3) is 0 Å². The number of nitrogens with zero attached hydrogens (tertiary/aromatic N) is 2. The van der Waals surface area contributed by atoms with Gasteiger partial charge in [0.1, 0.15) is 11.5 Å². The summed E-state index contributed by atoms with van der Waals surface area (Å²) in [7, 11) is -2.10. The Morgan fingerprint density at radius 2 is 1.67 bits per heavy atom. The van der Waals surface area contributed by atoms with E-state index in [2.05, 4.69) is 0 Å². The zero-order chi connectivity index (χ0) is 19.6. The van der Waals surface area contributed by atoms with Gasteiger partial charge in [-0.3, -0.25) is 4.79 Å². The third kappa shape index (κ3) is 3.91. The minimum atomic E-state index is -3.63. The Bertz CT molecular complexity index is 933. The van der Waals surface area contributed by atoms with Crippen molar-refractivity contribution >= 4 is 15.9 Å². The number of piperazine rings is 1. The van der Waals surface area contributed by atoms with Crippen LogP contribution in [0, 0.1) is 6.92 Å². The van der Waals surface area contributed by atoms with Gasteiger partial charge in [0.25, 0.3) is 5.91 Å². The number of ether oxygens (including phenoxy) is 1. The van der Waals surface area contributed by atoms with E-state index in [1.807, 2.05) is 0 Å². The second-order valence-electron chi connectivity index (χ2n) is 6.37. The van der Waals surface area contributed by atoms with Crippen molar-refractivity contribution in [1.29, 1.82) is 0 Å². The SMILES string of the molecule is COc1ccc(S(=O)(=O)N2CCN(C(=O)c3ccc(O)cc3)CC2)c(C)c1. The minimum absolute atomic E-state index is 0.0947. The number of hydrogen-bond donors (Lipinski definition) is 1. The van der Waals surface area contributed by atoms with Crippen molar-refractivity contribution < 1.29 is 23.1 Å². The van der Waals surface area contributed by atoms with Crippen LogP contribution in [0.4, 0.5) is 0 Å². The van der Waals surface area contributed by atoms with Crippen LogP contribution in [0.1, 0.15) is 15.9 Å². The van der Waals surface area contributed by atoms with Crippen LogP contribution in [0.15, 0.2) is 47.4 Å². The molecular formula is C19H22N2O5S. The van der Waals surface area contributed by atoms with Gasteiger partial charge in [-0.25, -0.2) is 8.42 Å². The first kappa shape index (κ1) is 19.2. The molecule has 0 bridgehead atoms. The Labute approximate surface area is 158 Å². The summed E-state index contributed by atoms with van der Waals surface area (Å²) >= 11 is 0. The molecule has 3 rings (SSSR count). The monoisotopic (exact) mass is 390 g/mol. The summed E-state index contributed by atoms with van der Waals surface area (Å²) in [6.45, 7) is 2.83. The number of carbonyl (C=O) groups excluding carboxylic acids is 1. The summed E-state index contributed by atoms with van der Waals surface area (Å²) in [5, 5.41) is 9.33. The molecule has 1 saturated heterocycles. The lowest BCUT2D eigenvalue weighted by molar-refractivity contribution is 0.0698. The van der Waals surface area contributed by atoms with Gasteiger partial charge in [-0.1, -0.05) is 0 Å². The molecular weight excluding hydrogens is 368 g/mol. The maximum absolute atomic E-state index is 12.9. The van der Waals surface area contributed by atoms with E-state index in [1.165, 1.54) is 23.5 Å². The summed E-state index contributed by atoms with van der Waals surface area (Å²) in [6.07, 6.45) is 0. The zero-order valence-corrected chi connectivity index (χ0v) is 16.1. The van der Waals surface area contributed by atoms with Crippen molar-refractivity contribution in [2.24, 2.45) is 0 Å². The Balaban J connectivity index is 1.71. The van der Waals surface area contributed by atoms with E-state index < -0.39 is 10.0 Å². The predicted molar refractivity (Wildman–Crippen MR) is 101 cm³/mol. The average Bonchev–Trinajstić information content (AvgIpc) is 2.67. The number of hydrogen-bond acceptors (Lipinski definition) is 5. The fraction of sp³-hybridized carbons (Fsp3) is 0.316. The molecule has 0 unspecified atom stereocenters. The van der Waals surface area contributed by atoms with Crippen LogP contribution >= 0.6 is 0 Å². The van der Waals surface area contributed by atoms with Gasteiger partial charge in [0.2, 0.25) is 10.0 Å². The summed E-state index contributed by atoms with van der Waals surface area (Å²) < 4.78 is 32.4. The number of rotatable bonds is 4. The van der Waals surface area contributed by atoms with Gasteiger partial charge in [0, 0.05) is 31.7 Å². The molecule has 1 N–H and O–H groups in total. The third-order valence-corrected chi connectivity index (χ3v) is 6.70. The molecule has 0 radical (unpaired) electrons. The van der Waals surface area contributed by atoms with Crippen molar-refractivity contribution in [1.82, 2.24) is 9.21 Å². The van der Waals surface area contributed by atoms with Gasteiger partial charge < -0.3 is 14.7 Å². The highest BCUT2D eigenvalue weighted by Gasteiger charge is 2.31. The first-order valence-electron chi connectivity index (χ1n) is 8.56. The highest BCUT2D eigenvalue weighted by atomic mass is 32.2. The fourth-order valence-electron chi connectivity index (χ4n) is 3.10. The normalized spacial score (nSPS) is 15.6. The smallest absolute Gasteiger partial charge is 0.253 e. The van der Waals surface area contributed by atoms with Crippen molar-refractivity contribution in [3.05, 3.63) is 53.6 Å².